The molecule has 158 valence electrons. The normalized spacial score (nSPS) is 11.0. The minimum Gasteiger partial charge on any atom is -0.353 e. The summed E-state index contributed by atoms with van der Waals surface area (Å²) in [5.74, 6) is 0.166. The van der Waals surface area contributed by atoms with Gasteiger partial charge in [-0.3, -0.25) is 9.59 Å². The second-order valence-electron chi connectivity index (χ2n) is 7.87. The minimum absolute atomic E-state index is 0.00855. The zero-order valence-corrected chi connectivity index (χ0v) is 19.5. The van der Waals surface area contributed by atoms with Crippen molar-refractivity contribution >= 4 is 27.7 Å². The lowest BCUT2D eigenvalue weighted by Gasteiger charge is -2.29. The zero-order valence-electron chi connectivity index (χ0n) is 17.9. The van der Waals surface area contributed by atoms with Crippen molar-refractivity contribution in [2.45, 2.75) is 40.2 Å². The van der Waals surface area contributed by atoms with Crippen LogP contribution in [0, 0.1) is 5.92 Å². The lowest BCUT2D eigenvalue weighted by Crippen LogP contribution is -2.44. The molecule has 0 saturated heterocycles. The number of hydrogen-bond acceptors (Lipinski definition) is 2. The molecule has 0 N–H and O–H groups in total. The van der Waals surface area contributed by atoms with E-state index in [1.165, 1.54) is 0 Å². The Kier molecular flexibility index (Phi) is 8.96. The topological polar surface area (TPSA) is 45.6 Å². The summed E-state index contributed by atoms with van der Waals surface area (Å²) < 4.78 is 2.96. The summed E-state index contributed by atoms with van der Waals surface area (Å²) in [7, 11) is 1.99. The second-order valence-corrected chi connectivity index (χ2v) is 8.78. The number of nitrogens with zero attached hydrogens (tertiary/aromatic N) is 3. The number of carbonyl (C=O) groups is 2. The van der Waals surface area contributed by atoms with Crippen LogP contribution in [0.2, 0.25) is 0 Å². The molecule has 0 aliphatic carbocycles. The Morgan fingerprint density at radius 1 is 1.10 bits per heavy atom. The molecule has 1 heterocycles. The van der Waals surface area contributed by atoms with E-state index in [0.29, 0.717) is 25.2 Å². The molecule has 2 amide bonds. The standard InChI is InChI=1S/C23H32BrN3O2/c1-5-6-14-26(16-21-8-7-13-25(21)4)22(28)17-27(15-18(2)3)23(29)19-9-11-20(24)12-10-19/h7-13,18H,5-6,14-17H2,1-4H3. The molecule has 0 saturated carbocycles. The quantitative estimate of drug-likeness (QED) is 0.513. The first-order valence-electron chi connectivity index (χ1n) is 10.2. The average molecular weight is 462 g/mol. The van der Waals surface area contributed by atoms with Crippen LogP contribution in [-0.2, 0) is 18.4 Å². The molecular weight excluding hydrogens is 430 g/mol. The summed E-state index contributed by atoms with van der Waals surface area (Å²) in [5.41, 5.74) is 1.69. The smallest absolute Gasteiger partial charge is 0.254 e. The highest BCUT2D eigenvalue weighted by Crippen LogP contribution is 2.14. The van der Waals surface area contributed by atoms with E-state index < -0.39 is 0 Å². The van der Waals surface area contributed by atoms with Crippen LogP contribution in [-0.4, -0.2) is 45.8 Å². The number of aromatic nitrogens is 1. The van der Waals surface area contributed by atoms with Crippen LogP contribution in [0.4, 0.5) is 0 Å². The molecule has 2 aromatic rings. The van der Waals surface area contributed by atoms with E-state index in [0.717, 1.165) is 23.0 Å². The third-order valence-corrected chi connectivity index (χ3v) is 5.36. The van der Waals surface area contributed by atoms with Crippen LogP contribution in [0.1, 0.15) is 49.7 Å². The van der Waals surface area contributed by atoms with Crippen LogP contribution in [0.15, 0.2) is 47.1 Å². The minimum atomic E-state index is -0.103. The van der Waals surface area contributed by atoms with E-state index in [1.807, 2.05) is 47.0 Å². The van der Waals surface area contributed by atoms with Crippen LogP contribution in [0.3, 0.4) is 0 Å². The van der Waals surface area contributed by atoms with Crippen molar-refractivity contribution in [3.8, 4) is 0 Å². The summed E-state index contributed by atoms with van der Waals surface area (Å²) in [5, 5.41) is 0. The Labute approximate surface area is 182 Å². The van der Waals surface area contributed by atoms with Gasteiger partial charge < -0.3 is 14.4 Å². The van der Waals surface area contributed by atoms with Gasteiger partial charge >= 0.3 is 0 Å². The molecule has 29 heavy (non-hydrogen) atoms. The van der Waals surface area contributed by atoms with Gasteiger partial charge in [-0.2, -0.15) is 0 Å². The van der Waals surface area contributed by atoms with Gasteiger partial charge in [0.25, 0.3) is 5.91 Å². The Morgan fingerprint density at radius 2 is 1.79 bits per heavy atom. The molecule has 6 heteroatoms. The maximum atomic E-state index is 13.2. The molecule has 1 aromatic heterocycles. The monoisotopic (exact) mass is 461 g/mol. The third-order valence-electron chi connectivity index (χ3n) is 4.83. The van der Waals surface area contributed by atoms with E-state index in [2.05, 4.69) is 36.7 Å². The van der Waals surface area contributed by atoms with E-state index in [9.17, 15) is 9.59 Å². The van der Waals surface area contributed by atoms with Crippen molar-refractivity contribution in [1.82, 2.24) is 14.4 Å². The first-order chi connectivity index (χ1) is 13.8. The predicted octanol–water partition coefficient (Wildman–Crippen LogP) is 4.71. The van der Waals surface area contributed by atoms with Crippen LogP contribution in [0.5, 0.6) is 0 Å². The number of benzene rings is 1. The molecular formula is C23H32BrN3O2. The first kappa shape index (κ1) is 23.2. The number of rotatable bonds is 10. The number of hydrogen-bond donors (Lipinski definition) is 0. The molecule has 0 aliphatic heterocycles. The largest absolute Gasteiger partial charge is 0.353 e. The number of aryl methyl sites for hydroxylation is 1. The Hall–Kier alpha value is -2.08. The molecule has 5 nitrogen and oxygen atoms in total. The number of unbranched alkanes of at least 4 members (excludes halogenated alkanes) is 1. The summed E-state index contributed by atoms with van der Waals surface area (Å²) in [4.78, 5) is 29.8. The van der Waals surface area contributed by atoms with E-state index in [4.69, 9.17) is 0 Å². The Balaban J connectivity index is 2.17. The number of halogens is 1. The third kappa shape index (κ3) is 7.03. The lowest BCUT2D eigenvalue weighted by molar-refractivity contribution is -0.132. The van der Waals surface area contributed by atoms with Crippen LogP contribution >= 0.6 is 15.9 Å². The van der Waals surface area contributed by atoms with Gasteiger partial charge in [0.05, 0.1) is 6.54 Å². The highest BCUT2D eigenvalue weighted by molar-refractivity contribution is 9.10. The molecule has 0 fully saturated rings. The van der Waals surface area contributed by atoms with Crippen molar-refractivity contribution in [2.75, 3.05) is 19.6 Å². The van der Waals surface area contributed by atoms with Gasteiger partial charge in [-0.15, -0.1) is 0 Å². The van der Waals surface area contributed by atoms with Crippen molar-refractivity contribution in [3.05, 3.63) is 58.3 Å². The Morgan fingerprint density at radius 3 is 2.34 bits per heavy atom. The van der Waals surface area contributed by atoms with Crippen molar-refractivity contribution in [2.24, 2.45) is 13.0 Å². The maximum absolute atomic E-state index is 13.2. The summed E-state index contributed by atoms with van der Waals surface area (Å²) in [6, 6.07) is 11.3. The SMILES string of the molecule is CCCCN(Cc1cccn1C)C(=O)CN(CC(C)C)C(=O)c1ccc(Br)cc1. The van der Waals surface area contributed by atoms with Crippen molar-refractivity contribution in [1.29, 1.82) is 0 Å². The van der Waals surface area contributed by atoms with Crippen molar-refractivity contribution < 1.29 is 9.59 Å². The molecule has 0 unspecified atom stereocenters. The van der Waals surface area contributed by atoms with Crippen LogP contribution < -0.4 is 0 Å². The average Bonchev–Trinajstić information content (AvgIpc) is 3.08. The molecule has 1 aromatic carbocycles. The first-order valence-corrected chi connectivity index (χ1v) is 11.0. The second kappa shape index (κ2) is 11.2. The van der Waals surface area contributed by atoms with Gasteiger partial charge in [-0.25, -0.2) is 0 Å². The van der Waals surface area contributed by atoms with Gasteiger partial charge in [0.15, 0.2) is 0 Å². The molecule has 2 rings (SSSR count). The van der Waals surface area contributed by atoms with E-state index in [-0.39, 0.29) is 24.3 Å². The molecule has 0 atom stereocenters. The van der Waals surface area contributed by atoms with Gasteiger partial charge in [0.1, 0.15) is 6.54 Å². The molecule has 0 spiro atoms. The molecule has 0 radical (unpaired) electrons. The summed E-state index contributed by atoms with van der Waals surface area (Å²) >= 11 is 3.40. The highest BCUT2D eigenvalue weighted by atomic mass is 79.9. The maximum Gasteiger partial charge on any atom is 0.254 e. The Bertz CT molecular complexity index is 799. The fourth-order valence-corrected chi connectivity index (χ4v) is 3.46. The van der Waals surface area contributed by atoms with Gasteiger partial charge in [0, 0.05) is 42.1 Å². The van der Waals surface area contributed by atoms with Gasteiger partial charge in [-0.1, -0.05) is 43.1 Å². The lowest BCUT2D eigenvalue weighted by atomic mass is 10.1. The number of amides is 2. The van der Waals surface area contributed by atoms with Crippen molar-refractivity contribution in [3.63, 3.8) is 0 Å². The summed E-state index contributed by atoms with van der Waals surface area (Å²) in [6.07, 6.45) is 3.95. The van der Waals surface area contributed by atoms with E-state index in [1.54, 1.807) is 17.0 Å². The van der Waals surface area contributed by atoms with E-state index >= 15 is 0 Å². The highest BCUT2D eigenvalue weighted by Gasteiger charge is 2.23. The predicted molar refractivity (Wildman–Crippen MR) is 121 cm³/mol. The zero-order chi connectivity index (χ0) is 21.4. The van der Waals surface area contributed by atoms with Gasteiger partial charge in [0.2, 0.25) is 5.91 Å². The fourth-order valence-electron chi connectivity index (χ4n) is 3.20. The molecule has 0 aliphatic rings. The fraction of sp³-hybridized carbons (Fsp3) is 0.478. The number of carbonyl (C=O) groups excluding carboxylic acids is 2. The van der Waals surface area contributed by atoms with Crippen LogP contribution in [0.25, 0.3) is 0 Å². The molecule has 0 bridgehead atoms. The van der Waals surface area contributed by atoms with Gasteiger partial charge in [-0.05, 0) is 48.7 Å². The summed E-state index contributed by atoms with van der Waals surface area (Å²) in [6.45, 7) is 8.14.